The minimum atomic E-state index is -0.170. The van der Waals surface area contributed by atoms with E-state index in [-0.39, 0.29) is 5.91 Å². The molecule has 0 N–H and O–H groups in total. The molecular formula is C20H14ClN3O. The van der Waals surface area contributed by atoms with Crippen molar-refractivity contribution in [2.45, 2.75) is 6.92 Å². The lowest BCUT2D eigenvalue weighted by atomic mass is 9.97. The Hall–Kier alpha value is -2.98. The number of hydrogen-bond donors (Lipinski definition) is 0. The first-order valence-electron chi connectivity index (χ1n) is 7.85. The van der Waals surface area contributed by atoms with Gasteiger partial charge in [-0.05, 0) is 36.8 Å². The van der Waals surface area contributed by atoms with Gasteiger partial charge in [0.25, 0.3) is 5.91 Å². The predicted molar refractivity (Wildman–Crippen MR) is 98.9 cm³/mol. The van der Waals surface area contributed by atoms with E-state index in [4.69, 9.17) is 16.6 Å². The van der Waals surface area contributed by atoms with Crippen molar-refractivity contribution in [2.75, 3.05) is 0 Å². The van der Waals surface area contributed by atoms with E-state index in [9.17, 15) is 4.79 Å². The van der Waals surface area contributed by atoms with Crippen molar-refractivity contribution in [3.8, 4) is 11.3 Å². The molecule has 0 aliphatic heterocycles. The number of fused-ring (bicyclic) bond motifs is 1. The smallest absolute Gasteiger partial charge is 0.267 e. The lowest BCUT2D eigenvalue weighted by molar-refractivity contribution is 0.0946. The first kappa shape index (κ1) is 15.5. The zero-order valence-electron chi connectivity index (χ0n) is 13.5. The number of benzene rings is 2. The normalized spacial score (nSPS) is 11.0. The van der Waals surface area contributed by atoms with Gasteiger partial charge < -0.3 is 0 Å². The number of nitrogens with zero attached hydrogens (tertiary/aromatic N) is 3. The summed E-state index contributed by atoms with van der Waals surface area (Å²) in [5.41, 5.74) is 3.89. The minimum Gasteiger partial charge on any atom is -0.267 e. The molecule has 122 valence electrons. The van der Waals surface area contributed by atoms with Gasteiger partial charge in [-0.15, -0.1) is 0 Å². The second kappa shape index (κ2) is 6.15. The molecule has 4 nitrogen and oxygen atoms in total. The van der Waals surface area contributed by atoms with Crippen molar-refractivity contribution in [2.24, 2.45) is 0 Å². The molecule has 0 atom stereocenters. The van der Waals surface area contributed by atoms with Crippen LogP contribution in [-0.2, 0) is 0 Å². The maximum absolute atomic E-state index is 13.0. The fourth-order valence-electron chi connectivity index (χ4n) is 2.98. The Bertz CT molecular complexity index is 1070. The molecule has 0 fully saturated rings. The quantitative estimate of drug-likeness (QED) is 0.525. The second-order valence-electron chi connectivity index (χ2n) is 5.74. The van der Waals surface area contributed by atoms with Gasteiger partial charge >= 0.3 is 0 Å². The Morgan fingerprint density at radius 1 is 1.04 bits per heavy atom. The van der Waals surface area contributed by atoms with Crippen LogP contribution in [0.5, 0.6) is 0 Å². The van der Waals surface area contributed by atoms with Crippen LogP contribution in [-0.4, -0.2) is 20.7 Å². The molecule has 0 unspecified atom stereocenters. The molecule has 0 aliphatic rings. The molecule has 0 radical (unpaired) electrons. The van der Waals surface area contributed by atoms with Crippen LogP contribution in [0.15, 0.2) is 67.0 Å². The summed E-state index contributed by atoms with van der Waals surface area (Å²) in [6.07, 6.45) is 3.25. The van der Waals surface area contributed by atoms with E-state index < -0.39 is 0 Å². The van der Waals surface area contributed by atoms with E-state index in [1.165, 1.54) is 4.68 Å². The summed E-state index contributed by atoms with van der Waals surface area (Å²) < 4.78 is 1.35. The zero-order valence-corrected chi connectivity index (χ0v) is 14.2. The van der Waals surface area contributed by atoms with Crippen molar-refractivity contribution < 1.29 is 4.79 Å². The summed E-state index contributed by atoms with van der Waals surface area (Å²) in [5.74, 6) is -0.170. The fraction of sp³-hybridized carbons (Fsp3) is 0.0500. The summed E-state index contributed by atoms with van der Waals surface area (Å²) in [6, 6.07) is 16.8. The molecule has 2 aromatic heterocycles. The summed E-state index contributed by atoms with van der Waals surface area (Å²) in [4.78, 5) is 17.8. The standard InChI is InChI=1S/C20H14ClN3O/c1-13-18(20(25)24-12-4-11-22-24)16-5-2-3-6-17(16)23-19(13)14-7-9-15(21)10-8-14/h2-12H,1H3. The molecule has 0 bridgehead atoms. The van der Waals surface area contributed by atoms with Gasteiger partial charge in [0.05, 0.1) is 16.8 Å². The molecule has 0 saturated heterocycles. The first-order valence-corrected chi connectivity index (χ1v) is 8.22. The van der Waals surface area contributed by atoms with Crippen LogP contribution in [0, 0.1) is 6.92 Å². The predicted octanol–water partition coefficient (Wildman–Crippen LogP) is 4.75. The summed E-state index contributed by atoms with van der Waals surface area (Å²) in [6.45, 7) is 1.92. The van der Waals surface area contributed by atoms with Crippen molar-refractivity contribution >= 4 is 28.4 Å². The van der Waals surface area contributed by atoms with Gasteiger partial charge in [-0.2, -0.15) is 5.10 Å². The van der Waals surface area contributed by atoms with Gasteiger partial charge in [-0.3, -0.25) is 4.79 Å². The van der Waals surface area contributed by atoms with Crippen LogP contribution in [0.4, 0.5) is 0 Å². The van der Waals surface area contributed by atoms with Crippen LogP contribution in [0.25, 0.3) is 22.2 Å². The zero-order chi connectivity index (χ0) is 17.4. The van der Waals surface area contributed by atoms with E-state index >= 15 is 0 Å². The van der Waals surface area contributed by atoms with Crippen molar-refractivity contribution in [1.29, 1.82) is 0 Å². The highest BCUT2D eigenvalue weighted by molar-refractivity contribution is 6.30. The number of para-hydroxylation sites is 1. The molecular weight excluding hydrogens is 334 g/mol. The average molecular weight is 348 g/mol. The molecule has 0 saturated carbocycles. The maximum Gasteiger partial charge on any atom is 0.279 e. The van der Waals surface area contributed by atoms with E-state index in [0.29, 0.717) is 10.6 Å². The number of carbonyl (C=O) groups is 1. The van der Waals surface area contributed by atoms with E-state index in [0.717, 1.165) is 27.7 Å². The number of rotatable bonds is 2. The van der Waals surface area contributed by atoms with Crippen molar-refractivity contribution in [1.82, 2.24) is 14.8 Å². The Kier molecular flexibility index (Phi) is 3.82. The third-order valence-electron chi connectivity index (χ3n) is 4.18. The van der Waals surface area contributed by atoms with Crippen molar-refractivity contribution in [3.63, 3.8) is 0 Å². The number of pyridine rings is 1. The largest absolute Gasteiger partial charge is 0.279 e. The summed E-state index contributed by atoms with van der Waals surface area (Å²) >= 11 is 6.00. The molecule has 2 heterocycles. The van der Waals surface area contributed by atoms with E-state index in [2.05, 4.69) is 5.10 Å². The van der Waals surface area contributed by atoms with Crippen LogP contribution in [0.2, 0.25) is 5.02 Å². The Labute approximate surface area is 149 Å². The van der Waals surface area contributed by atoms with Gasteiger partial charge in [0.1, 0.15) is 0 Å². The SMILES string of the molecule is Cc1c(-c2ccc(Cl)cc2)nc2ccccc2c1C(=O)n1cccn1. The fourth-order valence-corrected chi connectivity index (χ4v) is 3.10. The van der Waals surface area contributed by atoms with Gasteiger partial charge in [-0.1, -0.05) is 41.9 Å². The van der Waals surface area contributed by atoms with Crippen LogP contribution in [0.1, 0.15) is 15.9 Å². The van der Waals surface area contributed by atoms with Crippen LogP contribution < -0.4 is 0 Å². The highest BCUT2D eigenvalue weighted by atomic mass is 35.5. The van der Waals surface area contributed by atoms with Crippen LogP contribution >= 0.6 is 11.6 Å². The van der Waals surface area contributed by atoms with Gasteiger partial charge in [0.2, 0.25) is 0 Å². The molecule has 0 amide bonds. The molecule has 25 heavy (non-hydrogen) atoms. The number of halogens is 1. The molecule has 5 heteroatoms. The molecule has 0 spiro atoms. The molecule has 4 aromatic rings. The average Bonchev–Trinajstić information content (AvgIpc) is 3.16. The number of carbonyl (C=O) groups excluding carboxylic acids is 1. The second-order valence-corrected chi connectivity index (χ2v) is 6.18. The lowest BCUT2D eigenvalue weighted by Crippen LogP contribution is -2.15. The molecule has 2 aromatic carbocycles. The number of hydrogen-bond acceptors (Lipinski definition) is 3. The Balaban J connectivity index is 2.01. The van der Waals surface area contributed by atoms with Crippen molar-refractivity contribution in [3.05, 3.63) is 83.1 Å². The minimum absolute atomic E-state index is 0.170. The topological polar surface area (TPSA) is 47.8 Å². The number of aromatic nitrogens is 3. The molecule has 0 aliphatic carbocycles. The third kappa shape index (κ3) is 2.71. The highest BCUT2D eigenvalue weighted by Crippen LogP contribution is 2.30. The first-order chi connectivity index (χ1) is 12.1. The summed E-state index contributed by atoms with van der Waals surface area (Å²) in [5, 5.41) is 5.56. The van der Waals surface area contributed by atoms with Gasteiger partial charge in [0.15, 0.2) is 0 Å². The highest BCUT2D eigenvalue weighted by Gasteiger charge is 2.20. The van der Waals surface area contributed by atoms with Gasteiger partial charge in [0, 0.05) is 28.4 Å². The van der Waals surface area contributed by atoms with Gasteiger partial charge in [-0.25, -0.2) is 9.67 Å². The lowest BCUT2D eigenvalue weighted by Gasteiger charge is -2.14. The van der Waals surface area contributed by atoms with E-state index in [1.807, 2.05) is 55.5 Å². The molecule has 4 rings (SSSR count). The Morgan fingerprint density at radius 2 is 1.80 bits per heavy atom. The van der Waals surface area contributed by atoms with Crippen LogP contribution in [0.3, 0.4) is 0 Å². The Morgan fingerprint density at radius 3 is 2.52 bits per heavy atom. The monoisotopic (exact) mass is 347 g/mol. The maximum atomic E-state index is 13.0. The van der Waals surface area contributed by atoms with E-state index in [1.54, 1.807) is 18.5 Å². The summed E-state index contributed by atoms with van der Waals surface area (Å²) in [7, 11) is 0. The third-order valence-corrected chi connectivity index (χ3v) is 4.43.